The molecule has 0 bridgehead atoms. The first-order chi connectivity index (χ1) is 5.97. The topological polar surface area (TPSA) is 28.1 Å². The van der Waals surface area contributed by atoms with E-state index in [1.807, 2.05) is 18.6 Å². The molecule has 0 amide bonds. The van der Waals surface area contributed by atoms with Crippen LogP contribution in [-0.4, -0.2) is 49.1 Å². The van der Waals surface area contributed by atoms with Crippen LogP contribution in [0, 0.1) is 0 Å². The second kappa shape index (κ2) is 3.69. The van der Waals surface area contributed by atoms with Crippen LogP contribution in [0.3, 0.4) is 0 Å². The van der Waals surface area contributed by atoms with Gasteiger partial charge in [0.05, 0.1) is 19.8 Å². The molecule has 2 rings (SSSR count). The lowest BCUT2D eigenvalue weighted by Crippen LogP contribution is -2.47. The van der Waals surface area contributed by atoms with Gasteiger partial charge < -0.3 is 9.75 Å². The lowest BCUT2D eigenvalue weighted by Gasteiger charge is -2.36. The first-order valence-electron chi connectivity index (χ1n) is 4.24. The van der Waals surface area contributed by atoms with Crippen LogP contribution in [-0.2, 0) is 4.74 Å². The molecule has 0 aromatic carbocycles. The van der Waals surface area contributed by atoms with E-state index < -0.39 is 0 Å². The maximum atomic E-state index is 5.26. The predicted octanol–water partition coefficient (Wildman–Crippen LogP) is 0.0912. The molecule has 1 fully saturated rings. The van der Waals surface area contributed by atoms with Gasteiger partial charge in [0.1, 0.15) is 0 Å². The quantitative estimate of drug-likeness (QED) is 0.554. The van der Waals surface area contributed by atoms with Crippen molar-refractivity contribution in [3.63, 3.8) is 0 Å². The summed E-state index contributed by atoms with van der Waals surface area (Å²) in [5, 5.41) is 4.46. The SMILES string of the molecule is C1=CN(N2CCOCC2)CC=N1. The van der Waals surface area contributed by atoms with Gasteiger partial charge in [-0.15, -0.1) is 0 Å². The zero-order chi connectivity index (χ0) is 8.23. The molecule has 0 aliphatic carbocycles. The van der Waals surface area contributed by atoms with E-state index in [0.717, 1.165) is 32.8 Å². The fraction of sp³-hybridized carbons (Fsp3) is 0.625. The summed E-state index contributed by atoms with van der Waals surface area (Å²) >= 11 is 0. The van der Waals surface area contributed by atoms with Gasteiger partial charge >= 0.3 is 0 Å². The number of aliphatic imine (C=N–C) groups is 1. The van der Waals surface area contributed by atoms with Crippen molar-refractivity contribution in [2.24, 2.45) is 4.99 Å². The Bertz CT molecular complexity index is 196. The lowest BCUT2D eigenvalue weighted by molar-refractivity contribution is -0.0556. The number of rotatable bonds is 1. The second-order valence-corrected chi connectivity index (χ2v) is 2.82. The molecule has 0 N–H and O–H groups in total. The van der Waals surface area contributed by atoms with Crippen LogP contribution >= 0.6 is 0 Å². The first kappa shape index (κ1) is 7.76. The van der Waals surface area contributed by atoms with E-state index in [4.69, 9.17) is 4.74 Å². The Kier molecular flexibility index (Phi) is 2.39. The number of hydrazine groups is 1. The van der Waals surface area contributed by atoms with E-state index in [1.54, 1.807) is 0 Å². The van der Waals surface area contributed by atoms with E-state index in [9.17, 15) is 0 Å². The fourth-order valence-corrected chi connectivity index (χ4v) is 1.39. The summed E-state index contributed by atoms with van der Waals surface area (Å²) in [6.45, 7) is 4.52. The molecule has 0 atom stereocenters. The van der Waals surface area contributed by atoms with Crippen molar-refractivity contribution in [1.82, 2.24) is 10.0 Å². The minimum atomic E-state index is 0.835. The molecule has 0 aromatic heterocycles. The molecular weight excluding hydrogens is 154 g/mol. The molecule has 2 aliphatic rings. The van der Waals surface area contributed by atoms with E-state index in [0.29, 0.717) is 0 Å². The number of hydrogen-bond donors (Lipinski definition) is 0. The van der Waals surface area contributed by atoms with Crippen molar-refractivity contribution in [2.45, 2.75) is 0 Å². The zero-order valence-corrected chi connectivity index (χ0v) is 7.02. The number of nitrogens with zero attached hydrogens (tertiary/aromatic N) is 3. The molecule has 66 valence electrons. The third-order valence-electron chi connectivity index (χ3n) is 2.05. The molecule has 4 nitrogen and oxygen atoms in total. The Morgan fingerprint density at radius 2 is 2.08 bits per heavy atom. The highest BCUT2D eigenvalue weighted by molar-refractivity contribution is 5.61. The Hall–Kier alpha value is -0.870. The summed E-state index contributed by atoms with van der Waals surface area (Å²) in [7, 11) is 0. The normalized spacial score (nSPS) is 24.8. The molecule has 0 unspecified atom stereocenters. The van der Waals surface area contributed by atoms with Gasteiger partial charge in [0.2, 0.25) is 0 Å². The average Bonchev–Trinajstić information content (AvgIpc) is 2.21. The maximum absolute atomic E-state index is 5.26. The van der Waals surface area contributed by atoms with Gasteiger partial charge in [0.15, 0.2) is 0 Å². The Morgan fingerprint density at radius 3 is 2.75 bits per heavy atom. The predicted molar refractivity (Wildman–Crippen MR) is 46.7 cm³/mol. The van der Waals surface area contributed by atoms with Crippen molar-refractivity contribution < 1.29 is 4.74 Å². The molecule has 0 aromatic rings. The second-order valence-electron chi connectivity index (χ2n) is 2.82. The van der Waals surface area contributed by atoms with Gasteiger partial charge in [0, 0.05) is 31.7 Å². The highest BCUT2D eigenvalue weighted by Crippen LogP contribution is 2.04. The molecule has 0 saturated carbocycles. The molecule has 1 saturated heterocycles. The van der Waals surface area contributed by atoms with Crippen LogP contribution in [0.5, 0.6) is 0 Å². The van der Waals surface area contributed by atoms with Crippen LogP contribution in [0.15, 0.2) is 17.4 Å². The molecular formula is C8H13N3O. The Balaban J connectivity index is 1.90. The van der Waals surface area contributed by atoms with Crippen molar-refractivity contribution in [1.29, 1.82) is 0 Å². The summed E-state index contributed by atoms with van der Waals surface area (Å²) < 4.78 is 5.26. The summed E-state index contributed by atoms with van der Waals surface area (Å²) in [6, 6.07) is 0. The van der Waals surface area contributed by atoms with E-state index >= 15 is 0 Å². The molecule has 2 heterocycles. The lowest BCUT2D eigenvalue weighted by atomic mass is 10.5. The summed E-state index contributed by atoms with van der Waals surface area (Å²) in [4.78, 5) is 4.02. The van der Waals surface area contributed by atoms with Gasteiger partial charge in [-0.3, -0.25) is 4.99 Å². The molecule has 4 heteroatoms. The van der Waals surface area contributed by atoms with Gasteiger partial charge in [-0.1, -0.05) is 0 Å². The average molecular weight is 167 g/mol. The Morgan fingerprint density at radius 1 is 1.25 bits per heavy atom. The fourth-order valence-electron chi connectivity index (χ4n) is 1.39. The summed E-state index contributed by atoms with van der Waals surface area (Å²) in [5.74, 6) is 0. The van der Waals surface area contributed by atoms with Gasteiger partial charge in [-0.05, 0) is 0 Å². The minimum absolute atomic E-state index is 0.835. The van der Waals surface area contributed by atoms with Gasteiger partial charge in [-0.2, -0.15) is 0 Å². The van der Waals surface area contributed by atoms with Crippen LogP contribution in [0.25, 0.3) is 0 Å². The number of ether oxygens (including phenoxy) is 1. The smallest absolute Gasteiger partial charge is 0.0693 e. The van der Waals surface area contributed by atoms with E-state index in [1.165, 1.54) is 0 Å². The highest BCUT2D eigenvalue weighted by atomic mass is 16.5. The number of hydrogen-bond acceptors (Lipinski definition) is 4. The minimum Gasteiger partial charge on any atom is -0.379 e. The Labute approximate surface area is 72.1 Å². The molecule has 12 heavy (non-hydrogen) atoms. The van der Waals surface area contributed by atoms with E-state index in [2.05, 4.69) is 15.0 Å². The zero-order valence-electron chi connectivity index (χ0n) is 7.02. The molecule has 2 aliphatic heterocycles. The number of morpholine rings is 1. The third-order valence-corrected chi connectivity index (χ3v) is 2.05. The van der Waals surface area contributed by atoms with E-state index in [-0.39, 0.29) is 0 Å². The van der Waals surface area contributed by atoms with Crippen molar-refractivity contribution in [3.05, 3.63) is 12.4 Å². The van der Waals surface area contributed by atoms with Crippen molar-refractivity contribution >= 4 is 6.21 Å². The summed E-state index contributed by atoms with van der Waals surface area (Å²) in [6.07, 6.45) is 5.74. The van der Waals surface area contributed by atoms with Crippen LogP contribution in [0.4, 0.5) is 0 Å². The maximum Gasteiger partial charge on any atom is 0.0693 e. The van der Waals surface area contributed by atoms with Crippen LogP contribution in [0.2, 0.25) is 0 Å². The van der Waals surface area contributed by atoms with Gasteiger partial charge in [-0.25, -0.2) is 5.01 Å². The highest BCUT2D eigenvalue weighted by Gasteiger charge is 2.15. The monoisotopic (exact) mass is 167 g/mol. The van der Waals surface area contributed by atoms with Gasteiger partial charge in [0.25, 0.3) is 0 Å². The molecule has 0 radical (unpaired) electrons. The largest absolute Gasteiger partial charge is 0.379 e. The van der Waals surface area contributed by atoms with Crippen molar-refractivity contribution in [2.75, 3.05) is 32.8 Å². The van der Waals surface area contributed by atoms with Crippen LogP contribution in [0.1, 0.15) is 0 Å². The van der Waals surface area contributed by atoms with Crippen LogP contribution < -0.4 is 0 Å². The first-order valence-corrected chi connectivity index (χ1v) is 4.24. The molecule has 0 spiro atoms. The summed E-state index contributed by atoms with van der Waals surface area (Å²) in [5.41, 5.74) is 0. The third kappa shape index (κ3) is 1.65. The standard InChI is InChI=1S/C8H13N3O/c1-3-10(4-2-9-1)11-5-7-12-8-6-11/h1-3H,4-8H2. The van der Waals surface area contributed by atoms with Crippen molar-refractivity contribution in [3.8, 4) is 0 Å².